The first-order chi connectivity index (χ1) is 9.04. The van der Waals surface area contributed by atoms with E-state index >= 15 is 0 Å². The summed E-state index contributed by atoms with van der Waals surface area (Å²) >= 11 is 11.9. The molecule has 1 aromatic rings. The van der Waals surface area contributed by atoms with Crippen LogP contribution in [0.25, 0.3) is 0 Å². The van der Waals surface area contributed by atoms with Crippen molar-refractivity contribution in [3.8, 4) is 0 Å². The van der Waals surface area contributed by atoms with Gasteiger partial charge in [-0.05, 0) is 31.2 Å². The number of hydrogen-bond donors (Lipinski definition) is 2. The fraction of sp³-hybridized carbons (Fsp3) is 0.462. The van der Waals surface area contributed by atoms with E-state index in [2.05, 4.69) is 10.2 Å². The number of amides is 1. The molecule has 20 heavy (non-hydrogen) atoms. The SMILES string of the molecule is Cl.N[C@@H]1CCN(CCC(=O)Nc2cc(Cl)ccc2Cl)C1. The minimum atomic E-state index is -0.0651. The molecule has 0 radical (unpaired) electrons. The van der Waals surface area contributed by atoms with Crippen LogP contribution in [0.5, 0.6) is 0 Å². The lowest BCUT2D eigenvalue weighted by molar-refractivity contribution is -0.116. The largest absolute Gasteiger partial charge is 0.326 e. The van der Waals surface area contributed by atoms with E-state index in [1.165, 1.54) is 0 Å². The third-order valence-corrected chi connectivity index (χ3v) is 3.73. The van der Waals surface area contributed by atoms with Crippen LogP contribution in [-0.4, -0.2) is 36.5 Å². The van der Waals surface area contributed by atoms with Gasteiger partial charge in [0.2, 0.25) is 5.91 Å². The summed E-state index contributed by atoms with van der Waals surface area (Å²) in [6.45, 7) is 2.55. The lowest BCUT2D eigenvalue weighted by Gasteiger charge is -2.15. The first-order valence-corrected chi connectivity index (χ1v) is 7.03. The quantitative estimate of drug-likeness (QED) is 0.887. The number of likely N-dealkylation sites (tertiary alicyclic amines) is 1. The summed E-state index contributed by atoms with van der Waals surface area (Å²) in [4.78, 5) is 14.0. The molecule has 1 heterocycles. The molecule has 1 aliphatic heterocycles. The Balaban J connectivity index is 0.00000200. The van der Waals surface area contributed by atoms with Gasteiger partial charge in [-0.2, -0.15) is 0 Å². The van der Waals surface area contributed by atoms with Crippen LogP contribution in [-0.2, 0) is 4.79 Å². The topological polar surface area (TPSA) is 58.4 Å². The average molecular weight is 339 g/mol. The van der Waals surface area contributed by atoms with E-state index in [-0.39, 0.29) is 24.4 Å². The number of carbonyl (C=O) groups excluding carboxylic acids is 1. The van der Waals surface area contributed by atoms with Crippen molar-refractivity contribution < 1.29 is 4.79 Å². The molecule has 4 nitrogen and oxygen atoms in total. The number of halogens is 3. The highest BCUT2D eigenvalue weighted by Gasteiger charge is 2.19. The number of carbonyl (C=O) groups is 1. The molecule has 1 fully saturated rings. The number of benzene rings is 1. The van der Waals surface area contributed by atoms with Crippen LogP contribution in [0.2, 0.25) is 10.0 Å². The first kappa shape index (κ1) is 17.5. The lowest BCUT2D eigenvalue weighted by atomic mass is 10.3. The monoisotopic (exact) mass is 337 g/mol. The van der Waals surface area contributed by atoms with Crippen LogP contribution in [0, 0.1) is 0 Å². The maximum Gasteiger partial charge on any atom is 0.225 e. The first-order valence-electron chi connectivity index (χ1n) is 6.27. The van der Waals surface area contributed by atoms with Crippen molar-refractivity contribution in [1.82, 2.24) is 4.90 Å². The number of anilines is 1. The van der Waals surface area contributed by atoms with E-state index < -0.39 is 0 Å². The smallest absolute Gasteiger partial charge is 0.225 e. The van der Waals surface area contributed by atoms with Crippen molar-refractivity contribution in [1.29, 1.82) is 0 Å². The summed E-state index contributed by atoms with van der Waals surface area (Å²) in [6, 6.07) is 5.24. The molecule has 3 N–H and O–H groups in total. The molecule has 0 saturated carbocycles. The number of nitrogens with one attached hydrogen (secondary N) is 1. The Morgan fingerprint density at radius 2 is 2.20 bits per heavy atom. The number of nitrogens with two attached hydrogens (primary N) is 1. The molecule has 0 unspecified atom stereocenters. The van der Waals surface area contributed by atoms with Gasteiger partial charge in [0.05, 0.1) is 10.7 Å². The van der Waals surface area contributed by atoms with E-state index in [1.54, 1.807) is 18.2 Å². The Hall–Kier alpha value is -0.520. The van der Waals surface area contributed by atoms with E-state index in [1.807, 2.05) is 0 Å². The fourth-order valence-electron chi connectivity index (χ4n) is 2.13. The number of hydrogen-bond acceptors (Lipinski definition) is 3. The molecule has 1 saturated heterocycles. The van der Waals surface area contributed by atoms with E-state index in [0.29, 0.717) is 22.2 Å². The lowest BCUT2D eigenvalue weighted by Crippen LogP contribution is -2.29. The van der Waals surface area contributed by atoms with Crippen LogP contribution in [0.3, 0.4) is 0 Å². The van der Waals surface area contributed by atoms with Gasteiger partial charge in [0.25, 0.3) is 0 Å². The van der Waals surface area contributed by atoms with Crippen LogP contribution in [0.15, 0.2) is 18.2 Å². The van der Waals surface area contributed by atoms with Gasteiger partial charge in [0.1, 0.15) is 0 Å². The third kappa shape index (κ3) is 5.11. The molecule has 1 aliphatic rings. The second-order valence-electron chi connectivity index (χ2n) is 4.77. The fourth-order valence-corrected chi connectivity index (χ4v) is 2.47. The van der Waals surface area contributed by atoms with E-state index in [4.69, 9.17) is 28.9 Å². The normalized spacial score (nSPS) is 18.6. The number of rotatable bonds is 4. The molecule has 0 aromatic heterocycles. The van der Waals surface area contributed by atoms with Crippen molar-refractivity contribution in [2.24, 2.45) is 5.73 Å². The Labute approximate surface area is 135 Å². The number of nitrogens with zero attached hydrogens (tertiary/aromatic N) is 1. The molecular formula is C13H18Cl3N3O. The van der Waals surface area contributed by atoms with Crippen molar-refractivity contribution >= 4 is 47.2 Å². The van der Waals surface area contributed by atoms with Crippen LogP contribution in [0.1, 0.15) is 12.8 Å². The summed E-state index contributed by atoms with van der Waals surface area (Å²) in [7, 11) is 0. The molecule has 0 bridgehead atoms. The highest BCUT2D eigenvalue weighted by Crippen LogP contribution is 2.25. The Morgan fingerprint density at radius 3 is 2.85 bits per heavy atom. The maximum absolute atomic E-state index is 11.8. The zero-order valence-corrected chi connectivity index (χ0v) is 13.3. The molecule has 112 valence electrons. The van der Waals surface area contributed by atoms with Crippen LogP contribution < -0.4 is 11.1 Å². The van der Waals surface area contributed by atoms with E-state index in [0.717, 1.165) is 26.1 Å². The van der Waals surface area contributed by atoms with Gasteiger partial charge >= 0.3 is 0 Å². The summed E-state index contributed by atoms with van der Waals surface area (Å²) in [5.41, 5.74) is 6.37. The highest BCUT2D eigenvalue weighted by molar-refractivity contribution is 6.35. The third-order valence-electron chi connectivity index (χ3n) is 3.17. The summed E-state index contributed by atoms with van der Waals surface area (Å²) in [5.74, 6) is -0.0651. The average Bonchev–Trinajstić information content (AvgIpc) is 2.77. The summed E-state index contributed by atoms with van der Waals surface area (Å²) in [6.07, 6.45) is 1.43. The van der Waals surface area contributed by atoms with Gasteiger partial charge in [-0.15, -0.1) is 12.4 Å². The van der Waals surface area contributed by atoms with E-state index in [9.17, 15) is 4.79 Å². The molecule has 1 aromatic carbocycles. The Morgan fingerprint density at radius 1 is 1.45 bits per heavy atom. The molecular weight excluding hydrogens is 321 g/mol. The van der Waals surface area contributed by atoms with Gasteiger partial charge in [-0.1, -0.05) is 23.2 Å². The van der Waals surface area contributed by atoms with Crippen LogP contribution in [0.4, 0.5) is 5.69 Å². The Bertz CT molecular complexity index is 470. The predicted octanol–water partition coefficient (Wildman–Crippen LogP) is 2.78. The van der Waals surface area contributed by atoms with Crippen molar-refractivity contribution in [2.45, 2.75) is 18.9 Å². The zero-order valence-electron chi connectivity index (χ0n) is 10.9. The van der Waals surface area contributed by atoms with Gasteiger partial charge in [-0.3, -0.25) is 4.79 Å². The second kappa shape index (κ2) is 8.05. The Kier molecular flexibility index (Phi) is 7.06. The summed E-state index contributed by atoms with van der Waals surface area (Å²) in [5, 5.41) is 3.81. The van der Waals surface area contributed by atoms with Gasteiger partial charge < -0.3 is 16.0 Å². The molecule has 1 atom stereocenters. The maximum atomic E-state index is 11.8. The molecule has 2 rings (SSSR count). The minimum Gasteiger partial charge on any atom is -0.326 e. The highest BCUT2D eigenvalue weighted by atomic mass is 35.5. The van der Waals surface area contributed by atoms with Gasteiger partial charge in [0.15, 0.2) is 0 Å². The molecule has 0 aliphatic carbocycles. The minimum absolute atomic E-state index is 0. The molecule has 1 amide bonds. The van der Waals surface area contributed by atoms with Crippen molar-refractivity contribution in [2.75, 3.05) is 25.0 Å². The van der Waals surface area contributed by atoms with Crippen LogP contribution >= 0.6 is 35.6 Å². The predicted molar refractivity (Wildman–Crippen MR) is 86.0 cm³/mol. The van der Waals surface area contributed by atoms with Crippen molar-refractivity contribution in [3.05, 3.63) is 28.2 Å². The molecule has 7 heteroatoms. The summed E-state index contributed by atoms with van der Waals surface area (Å²) < 4.78 is 0. The second-order valence-corrected chi connectivity index (χ2v) is 5.62. The van der Waals surface area contributed by atoms with Crippen molar-refractivity contribution in [3.63, 3.8) is 0 Å². The standard InChI is InChI=1S/C13H17Cl2N3O.ClH/c14-9-1-2-11(15)12(7-9)17-13(19)4-6-18-5-3-10(16)8-18;/h1-2,7,10H,3-6,8,16H2,(H,17,19);1H/t10-;/m1./s1. The molecule has 0 spiro atoms. The zero-order chi connectivity index (χ0) is 13.8. The van der Waals surface area contributed by atoms with Gasteiger partial charge in [0, 0.05) is 30.6 Å². The van der Waals surface area contributed by atoms with Gasteiger partial charge in [-0.25, -0.2) is 0 Å².